The summed E-state index contributed by atoms with van der Waals surface area (Å²) >= 11 is 3.53. The molecule has 2 aromatic heterocycles. The van der Waals surface area contributed by atoms with Crippen LogP contribution in [0.15, 0.2) is 58.3 Å². The molecule has 0 aliphatic carbocycles. The standard InChI is InChI=1S/C18H14BrN3O/c1-18(2)17(23)13-6-4-3-5-12(13)16(21-18)11-9-15-14(19)7-8-22(15)20-10-11/h3-10H,1-2H3. The number of benzene rings is 1. The molecular weight excluding hydrogens is 354 g/mol. The summed E-state index contributed by atoms with van der Waals surface area (Å²) in [5, 5.41) is 4.44. The molecule has 23 heavy (non-hydrogen) atoms. The first-order valence-corrected chi connectivity index (χ1v) is 8.14. The Labute approximate surface area is 142 Å². The highest BCUT2D eigenvalue weighted by Crippen LogP contribution is 2.30. The van der Waals surface area contributed by atoms with Crippen molar-refractivity contribution in [2.75, 3.05) is 0 Å². The molecule has 0 bridgehead atoms. The maximum atomic E-state index is 12.6. The Balaban J connectivity index is 1.98. The number of fused-ring (bicyclic) bond motifs is 2. The van der Waals surface area contributed by atoms with Crippen molar-refractivity contribution >= 4 is 32.9 Å². The fourth-order valence-electron chi connectivity index (χ4n) is 2.91. The van der Waals surface area contributed by atoms with Gasteiger partial charge in [0, 0.05) is 27.4 Å². The molecule has 4 nitrogen and oxygen atoms in total. The largest absolute Gasteiger partial charge is 0.291 e. The van der Waals surface area contributed by atoms with Crippen LogP contribution in [0.4, 0.5) is 0 Å². The third kappa shape index (κ3) is 2.15. The minimum atomic E-state index is -0.769. The number of carbonyl (C=O) groups excluding carboxylic acids is 1. The zero-order chi connectivity index (χ0) is 16.2. The normalized spacial score (nSPS) is 16.3. The lowest BCUT2D eigenvalue weighted by molar-refractivity contribution is 0.0912. The molecular formula is C18H14BrN3O. The van der Waals surface area contributed by atoms with Gasteiger partial charge in [-0.25, -0.2) is 4.52 Å². The van der Waals surface area contributed by atoms with E-state index in [-0.39, 0.29) is 5.78 Å². The molecule has 0 atom stereocenters. The molecule has 0 N–H and O–H groups in total. The molecule has 0 radical (unpaired) electrons. The van der Waals surface area contributed by atoms with E-state index in [4.69, 9.17) is 4.99 Å². The molecule has 1 aromatic carbocycles. The molecule has 3 aromatic rings. The van der Waals surface area contributed by atoms with Crippen molar-refractivity contribution in [3.8, 4) is 0 Å². The molecule has 114 valence electrons. The Morgan fingerprint density at radius 2 is 1.87 bits per heavy atom. The first kappa shape index (κ1) is 14.3. The molecule has 5 heteroatoms. The van der Waals surface area contributed by atoms with E-state index in [1.807, 2.05) is 56.4 Å². The van der Waals surface area contributed by atoms with E-state index in [0.29, 0.717) is 0 Å². The van der Waals surface area contributed by atoms with Crippen LogP contribution in [0.5, 0.6) is 0 Å². The number of ketones is 1. The summed E-state index contributed by atoms with van der Waals surface area (Å²) < 4.78 is 2.78. The summed E-state index contributed by atoms with van der Waals surface area (Å²) in [5.74, 6) is 0.0507. The second kappa shape index (κ2) is 4.86. The number of hydrogen-bond donors (Lipinski definition) is 0. The molecule has 0 fully saturated rings. The lowest BCUT2D eigenvalue weighted by atomic mass is 9.84. The number of nitrogens with zero attached hydrogens (tertiary/aromatic N) is 3. The highest BCUT2D eigenvalue weighted by molar-refractivity contribution is 9.10. The van der Waals surface area contributed by atoms with Gasteiger partial charge in [-0.3, -0.25) is 9.79 Å². The van der Waals surface area contributed by atoms with Crippen molar-refractivity contribution < 1.29 is 4.79 Å². The average molecular weight is 368 g/mol. The van der Waals surface area contributed by atoms with Gasteiger partial charge in [-0.15, -0.1) is 0 Å². The fraction of sp³-hybridized carbons (Fsp3) is 0.167. The van der Waals surface area contributed by atoms with Crippen molar-refractivity contribution in [2.24, 2.45) is 4.99 Å². The average Bonchev–Trinajstić information content (AvgIpc) is 2.92. The topological polar surface area (TPSA) is 46.7 Å². The van der Waals surface area contributed by atoms with Crippen LogP contribution in [0, 0.1) is 0 Å². The highest BCUT2D eigenvalue weighted by atomic mass is 79.9. The Morgan fingerprint density at radius 1 is 1.13 bits per heavy atom. The third-order valence-electron chi connectivity index (χ3n) is 4.11. The van der Waals surface area contributed by atoms with Gasteiger partial charge in [0.1, 0.15) is 5.54 Å². The van der Waals surface area contributed by atoms with E-state index < -0.39 is 5.54 Å². The van der Waals surface area contributed by atoms with Gasteiger partial charge in [0.2, 0.25) is 0 Å². The number of aromatic nitrogens is 2. The van der Waals surface area contributed by atoms with E-state index in [1.165, 1.54) is 0 Å². The van der Waals surface area contributed by atoms with Crippen molar-refractivity contribution in [1.29, 1.82) is 0 Å². The summed E-state index contributed by atoms with van der Waals surface area (Å²) in [6, 6.07) is 11.6. The van der Waals surface area contributed by atoms with Crippen molar-refractivity contribution in [3.05, 3.63) is 70.0 Å². The van der Waals surface area contributed by atoms with Gasteiger partial charge < -0.3 is 0 Å². The smallest absolute Gasteiger partial charge is 0.190 e. The van der Waals surface area contributed by atoms with E-state index in [9.17, 15) is 4.79 Å². The molecule has 0 spiro atoms. The summed E-state index contributed by atoms with van der Waals surface area (Å²) in [6.07, 6.45) is 3.69. The Hall–Kier alpha value is -2.27. The van der Waals surface area contributed by atoms with Crippen LogP contribution in [-0.2, 0) is 0 Å². The monoisotopic (exact) mass is 367 g/mol. The minimum Gasteiger partial charge on any atom is -0.291 e. The Morgan fingerprint density at radius 3 is 2.65 bits per heavy atom. The van der Waals surface area contributed by atoms with E-state index in [1.54, 1.807) is 10.7 Å². The SMILES string of the molecule is CC1(C)N=C(c2cnn3ccc(Br)c3c2)c2ccccc2C1=O. The van der Waals surface area contributed by atoms with Crippen LogP contribution in [0.1, 0.15) is 35.3 Å². The molecule has 1 aliphatic rings. The summed E-state index contributed by atoms with van der Waals surface area (Å²) in [6.45, 7) is 3.70. The van der Waals surface area contributed by atoms with Gasteiger partial charge in [-0.2, -0.15) is 5.10 Å². The zero-order valence-corrected chi connectivity index (χ0v) is 14.3. The molecule has 0 saturated carbocycles. The third-order valence-corrected chi connectivity index (χ3v) is 4.78. The number of Topliss-reactive ketones (excluding diaryl/α,β-unsaturated/α-hetero) is 1. The summed E-state index contributed by atoms with van der Waals surface area (Å²) in [7, 11) is 0. The van der Waals surface area contributed by atoms with Gasteiger partial charge in [0.05, 0.1) is 17.4 Å². The number of halogens is 1. The van der Waals surface area contributed by atoms with Crippen LogP contribution in [0.2, 0.25) is 0 Å². The van der Waals surface area contributed by atoms with E-state index >= 15 is 0 Å². The van der Waals surface area contributed by atoms with Crippen LogP contribution < -0.4 is 0 Å². The first-order chi connectivity index (χ1) is 11.0. The Kier molecular flexibility index (Phi) is 3.03. The second-order valence-corrected chi connectivity index (χ2v) is 6.99. The minimum absolute atomic E-state index is 0.0507. The van der Waals surface area contributed by atoms with Gasteiger partial charge >= 0.3 is 0 Å². The summed E-state index contributed by atoms with van der Waals surface area (Å²) in [4.78, 5) is 17.3. The zero-order valence-electron chi connectivity index (χ0n) is 12.7. The van der Waals surface area contributed by atoms with Crippen molar-refractivity contribution in [3.63, 3.8) is 0 Å². The van der Waals surface area contributed by atoms with Crippen LogP contribution in [-0.4, -0.2) is 26.6 Å². The molecule has 4 rings (SSSR count). The Bertz CT molecular complexity index is 985. The maximum absolute atomic E-state index is 12.6. The van der Waals surface area contributed by atoms with E-state index in [2.05, 4.69) is 21.0 Å². The van der Waals surface area contributed by atoms with Crippen LogP contribution in [0.3, 0.4) is 0 Å². The van der Waals surface area contributed by atoms with Gasteiger partial charge in [-0.05, 0) is 41.9 Å². The molecule has 1 aliphatic heterocycles. The number of hydrogen-bond acceptors (Lipinski definition) is 3. The van der Waals surface area contributed by atoms with Crippen LogP contribution in [0.25, 0.3) is 5.52 Å². The summed E-state index contributed by atoms with van der Waals surface area (Å²) in [5.41, 5.74) is 3.51. The van der Waals surface area contributed by atoms with Crippen molar-refractivity contribution in [1.82, 2.24) is 9.61 Å². The second-order valence-electron chi connectivity index (χ2n) is 6.13. The van der Waals surface area contributed by atoms with Crippen molar-refractivity contribution in [2.45, 2.75) is 19.4 Å². The lowest BCUT2D eigenvalue weighted by Gasteiger charge is -2.27. The van der Waals surface area contributed by atoms with E-state index in [0.717, 1.165) is 32.4 Å². The van der Waals surface area contributed by atoms with Gasteiger partial charge in [0.25, 0.3) is 0 Å². The lowest BCUT2D eigenvalue weighted by Crippen LogP contribution is -2.36. The number of aliphatic imine (C=N–C) groups is 1. The molecule has 0 amide bonds. The molecule has 3 heterocycles. The number of carbonyl (C=O) groups is 1. The van der Waals surface area contributed by atoms with Gasteiger partial charge in [0.15, 0.2) is 5.78 Å². The fourth-order valence-corrected chi connectivity index (χ4v) is 3.33. The highest BCUT2D eigenvalue weighted by Gasteiger charge is 2.35. The first-order valence-electron chi connectivity index (χ1n) is 7.35. The quantitative estimate of drug-likeness (QED) is 0.654. The maximum Gasteiger partial charge on any atom is 0.190 e. The predicted molar refractivity (Wildman–Crippen MR) is 93.4 cm³/mol. The van der Waals surface area contributed by atoms with Crippen LogP contribution >= 0.6 is 15.9 Å². The number of rotatable bonds is 1. The predicted octanol–water partition coefficient (Wildman–Crippen LogP) is 3.91. The molecule has 0 unspecified atom stereocenters. The molecule has 0 saturated heterocycles. The van der Waals surface area contributed by atoms with Gasteiger partial charge in [-0.1, -0.05) is 24.3 Å².